The third-order valence-electron chi connectivity index (χ3n) is 15.8. The summed E-state index contributed by atoms with van der Waals surface area (Å²) in [6, 6.07) is 88.7. The molecule has 0 aliphatic heterocycles. The van der Waals surface area contributed by atoms with Crippen LogP contribution in [0.15, 0.2) is 258 Å². The summed E-state index contributed by atoms with van der Waals surface area (Å²) in [5.74, 6) is 1.63. The maximum atomic E-state index is 6.64. The lowest BCUT2D eigenvalue weighted by atomic mass is 9.70. The summed E-state index contributed by atoms with van der Waals surface area (Å²) in [7, 11) is 0. The number of fused-ring (bicyclic) bond motifs is 16. The first-order chi connectivity index (χ1) is 37.2. The molecule has 348 valence electrons. The van der Waals surface area contributed by atoms with Gasteiger partial charge in [-0.3, -0.25) is 0 Å². The molecule has 0 bridgehead atoms. The molecule has 3 heterocycles. The fourth-order valence-corrected chi connectivity index (χ4v) is 12.6. The fraction of sp³-hybridized carbons (Fsp3) is 0.0143. The molecule has 2 aliphatic rings. The third kappa shape index (κ3) is 6.10. The van der Waals surface area contributed by atoms with Gasteiger partial charge < -0.3 is 8.83 Å². The van der Waals surface area contributed by atoms with Crippen molar-refractivity contribution in [2.24, 2.45) is 0 Å². The Kier molecular flexibility index (Phi) is 8.89. The summed E-state index contributed by atoms with van der Waals surface area (Å²) in [5.41, 5.74) is 22.6. The van der Waals surface area contributed by atoms with Gasteiger partial charge in [0.05, 0.1) is 11.0 Å². The quantitative estimate of drug-likeness (QED) is 0.166. The summed E-state index contributed by atoms with van der Waals surface area (Å²) in [6.07, 6.45) is 0. The highest BCUT2D eigenvalue weighted by atomic mass is 16.3. The van der Waals surface area contributed by atoms with E-state index >= 15 is 0 Å². The van der Waals surface area contributed by atoms with Gasteiger partial charge in [0.2, 0.25) is 0 Å². The summed E-state index contributed by atoms with van der Waals surface area (Å²) in [5, 5.41) is 3.98. The molecule has 16 rings (SSSR count). The van der Waals surface area contributed by atoms with E-state index in [0.717, 1.165) is 82.8 Å². The van der Waals surface area contributed by atoms with Crippen molar-refractivity contribution < 1.29 is 8.83 Å². The van der Waals surface area contributed by atoms with Gasteiger partial charge in [-0.05, 0) is 114 Å². The van der Waals surface area contributed by atoms with E-state index in [4.69, 9.17) is 23.8 Å². The molecule has 11 aromatic carbocycles. The van der Waals surface area contributed by atoms with Gasteiger partial charge in [0.25, 0.3) is 0 Å². The predicted molar refractivity (Wildman–Crippen MR) is 303 cm³/mol. The molecule has 5 heteroatoms. The molecule has 1 spiro atoms. The van der Waals surface area contributed by atoms with Crippen molar-refractivity contribution in [2.45, 2.75) is 5.41 Å². The molecule has 3 aromatic heterocycles. The summed E-state index contributed by atoms with van der Waals surface area (Å²) in [6.45, 7) is 0. The molecule has 0 saturated carbocycles. The molecule has 0 atom stereocenters. The minimum Gasteiger partial charge on any atom is -0.456 e. The van der Waals surface area contributed by atoms with E-state index in [1.165, 1.54) is 55.6 Å². The number of para-hydroxylation sites is 2. The summed E-state index contributed by atoms with van der Waals surface area (Å²) < 4.78 is 13.2. The highest BCUT2D eigenvalue weighted by Crippen LogP contribution is 2.64. The van der Waals surface area contributed by atoms with Crippen molar-refractivity contribution >= 4 is 43.9 Å². The largest absolute Gasteiger partial charge is 0.456 e. The molecule has 14 aromatic rings. The Balaban J connectivity index is 0.827. The number of furan rings is 2. The predicted octanol–water partition coefficient (Wildman–Crippen LogP) is 18.0. The number of aromatic nitrogens is 3. The molecule has 0 fully saturated rings. The molecule has 0 unspecified atom stereocenters. The molecule has 0 amide bonds. The second kappa shape index (κ2) is 16.0. The van der Waals surface area contributed by atoms with Gasteiger partial charge in [-0.2, -0.15) is 0 Å². The highest BCUT2D eigenvalue weighted by Gasteiger charge is 2.52. The van der Waals surface area contributed by atoms with E-state index in [1.807, 2.05) is 48.5 Å². The average molecular weight is 956 g/mol. The molecular formula is C70H41N3O2. The molecular weight excluding hydrogens is 915 g/mol. The molecule has 75 heavy (non-hydrogen) atoms. The van der Waals surface area contributed by atoms with E-state index in [9.17, 15) is 0 Å². The zero-order valence-electron chi connectivity index (χ0n) is 40.3. The average Bonchev–Trinajstić information content (AvgIpc) is 4.40. The first kappa shape index (κ1) is 41.6. The van der Waals surface area contributed by atoms with Crippen LogP contribution in [0.25, 0.3) is 134 Å². The zero-order chi connectivity index (χ0) is 49.2. The second-order valence-electron chi connectivity index (χ2n) is 19.7. The lowest BCUT2D eigenvalue weighted by Gasteiger charge is -2.30. The van der Waals surface area contributed by atoms with Crippen molar-refractivity contribution in [1.82, 2.24) is 15.0 Å². The molecule has 0 saturated heterocycles. The standard InChI is InChI=1S/C70H41N3O2/c1-2-16-42(17-3-1)45-18-12-19-47(40-45)67-71-68(73-69(72-67)55-27-13-25-52-51-22-7-11-32-61(51)75-66(52)55)54-26-15-33-63-65(54)56-41-46(38-39-62(56)74-63)43-34-36-44(37-35-43)48-24-14-31-60-64(48)53-23-6-10-30-59(53)70(60)57-28-8-4-20-49(57)50-21-5-9-29-58(50)70/h1-41H. The SMILES string of the molecule is c1ccc(-c2cccc(-c3nc(-c4cccc5c4oc4ccccc45)nc(-c4cccc5oc6ccc(-c7ccc(-c8cccc9c8-c8ccccc8C98c9ccccc9-c9ccccc98)cc7)cc6c45)n3)c2)cc1. The van der Waals surface area contributed by atoms with Crippen LogP contribution >= 0.6 is 0 Å². The Morgan fingerprint density at radius 3 is 1.57 bits per heavy atom. The maximum Gasteiger partial charge on any atom is 0.167 e. The Morgan fingerprint density at radius 1 is 0.267 bits per heavy atom. The van der Waals surface area contributed by atoms with Gasteiger partial charge in [0, 0.05) is 32.7 Å². The van der Waals surface area contributed by atoms with E-state index < -0.39 is 5.41 Å². The lowest BCUT2D eigenvalue weighted by molar-refractivity contribution is 0.668. The first-order valence-electron chi connectivity index (χ1n) is 25.5. The minimum absolute atomic E-state index is 0.392. The Morgan fingerprint density at radius 2 is 0.760 bits per heavy atom. The van der Waals surface area contributed by atoms with Crippen LogP contribution in [0.3, 0.4) is 0 Å². The molecule has 2 aliphatic carbocycles. The van der Waals surface area contributed by atoms with E-state index in [0.29, 0.717) is 17.5 Å². The van der Waals surface area contributed by atoms with Crippen molar-refractivity contribution in [3.05, 3.63) is 271 Å². The highest BCUT2D eigenvalue weighted by molar-refractivity contribution is 6.13. The number of rotatable bonds is 6. The third-order valence-corrected chi connectivity index (χ3v) is 15.8. The van der Waals surface area contributed by atoms with E-state index in [2.05, 4.69) is 200 Å². The van der Waals surface area contributed by atoms with Crippen LogP contribution in [0, 0.1) is 0 Å². The van der Waals surface area contributed by atoms with Crippen LogP contribution in [0.5, 0.6) is 0 Å². The Bertz CT molecular complexity index is 4620. The smallest absolute Gasteiger partial charge is 0.167 e. The van der Waals surface area contributed by atoms with Crippen molar-refractivity contribution in [3.8, 4) is 89.8 Å². The number of hydrogen-bond acceptors (Lipinski definition) is 5. The van der Waals surface area contributed by atoms with E-state index in [-0.39, 0.29) is 0 Å². The van der Waals surface area contributed by atoms with Crippen LogP contribution in [0.1, 0.15) is 22.3 Å². The summed E-state index contributed by atoms with van der Waals surface area (Å²) in [4.78, 5) is 15.8. The Labute approximate surface area is 431 Å². The molecule has 0 N–H and O–H groups in total. The Hall–Kier alpha value is -9.97. The normalized spacial score (nSPS) is 12.9. The number of benzene rings is 11. The van der Waals surface area contributed by atoms with Gasteiger partial charge >= 0.3 is 0 Å². The first-order valence-corrected chi connectivity index (χ1v) is 25.5. The number of nitrogens with zero attached hydrogens (tertiary/aromatic N) is 3. The van der Waals surface area contributed by atoms with Crippen LogP contribution < -0.4 is 0 Å². The lowest BCUT2D eigenvalue weighted by Crippen LogP contribution is -2.25. The van der Waals surface area contributed by atoms with Gasteiger partial charge in [-0.1, -0.05) is 212 Å². The van der Waals surface area contributed by atoms with Crippen molar-refractivity contribution in [2.75, 3.05) is 0 Å². The second-order valence-corrected chi connectivity index (χ2v) is 19.7. The van der Waals surface area contributed by atoms with Crippen molar-refractivity contribution in [3.63, 3.8) is 0 Å². The summed E-state index contributed by atoms with van der Waals surface area (Å²) >= 11 is 0. The van der Waals surface area contributed by atoms with Gasteiger partial charge in [-0.25, -0.2) is 15.0 Å². The monoisotopic (exact) mass is 955 g/mol. The zero-order valence-corrected chi connectivity index (χ0v) is 40.3. The van der Waals surface area contributed by atoms with Gasteiger partial charge in [0.1, 0.15) is 22.3 Å². The molecule has 5 nitrogen and oxygen atoms in total. The minimum atomic E-state index is -0.392. The van der Waals surface area contributed by atoms with Crippen LogP contribution in [-0.2, 0) is 5.41 Å². The number of hydrogen-bond donors (Lipinski definition) is 0. The molecule has 0 radical (unpaired) electrons. The van der Waals surface area contributed by atoms with Crippen LogP contribution in [0.2, 0.25) is 0 Å². The van der Waals surface area contributed by atoms with Crippen LogP contribution in [-0.4, -0.2) is 15.0 Å². The van der Waals surface area contributed by atoms with Gasteiger partial charge in [0.15, 0.2) is 17.5 Å². The van der Waals surface area contributed by atoms with E-state index in [1.54, 1.807) is 0 Å². The van der Waals surface area contributed by atoms with Crippen molar-refractivity contribution in [1.29, 1.82) is 0 Å². The van der Waals surface area contributed by atoms with Crippen LogP contribution in [0.4, 0.5) is 0 Å². The topological polar surface area (TPSA) is 65.0 Å². The fourth-order valence-electron chi connectivity index (χ4n) is 12.6. The van der Waals surface area contributed by atoms with Gasteiger partial charge in [-0.15, -0.1) is 0 Å². The maximum absolute atomic E-state index is 6.64.